The Bertz CT molecular complexity index is 2610. The third-order valence-electron chi connectivity index (χ3n) is 18.9. The van der Waals surface area contributed by atoms with Crippen LogP contribution in [0.25, 0.3) is 0 Å². The fourth-order valence-electron chi connectivity index (χ4n) is 12.2. The van der Waals surface area contributed by atoms with Crippen LogP contribution in [0.2, 0.25) is 0 Å². The number of ether oxygens (including phenoxy) is 2. The molecule has 0 unspecified atom stereocenters. The predicted molar refractivity (Wildman–Crippen MR) is 377 cm³/mol. The van der Waals surface area contributed by atoms with Crippen molar-refractivity contribution in [3.63, 3.8) is 0 Å². The Kier molecular flexibility index (Phi) is 37.8. The zero-order valence-electron chi connectivity index (χ0n) is 64.4. The molecular weight excluding hydrogens is 1240 g/mol. The van der Waals surface area contributed by atoms with Gasteiger partial charge in [-0.2, -0.15) is 0 Å². The maximum Gasteiger partial charge on any atom is 0.248 e. The molecular formula is C71H130N12O14. The Morgan fingerprint density at radius 2 is 0.959 bits per heavy atom. The topological polar surface area (TPSA) is 300 Å². The fraction of sp³-hybridized carbons (Fsp3) is 0.817. The molecule has 1 saturated heterocycles. The fourth-order valence-corrected chi connectivity index (χ4v) is 12.2. The quantitative estimate of drug-likeness (QED) is 0.0670. The maximum absolute atomic E-state index is 15.5. The van der Waals surface area contributed by atoms with Crippen molar-refractivity contribution in [1.82, 2.24) is 60.5 Å². The molecule has 0 radical (unpaired) electrons. The van der Waals surface area contributed by atoms with Crippen LogP contribution in [-0.4, -0.2) is 277 Å². The molecule has 11 amide bonds. The standard InChI is InChI=1S/C71H130N12O14/c1-28-32-34-47(15)59(84)58-63(88)74-50(29-2)65(90)80(24)55(41-97-36-33-35-83(30-3)31-4)68(93)79(23)54(40-71(18,19)96-27)62(87)75-56(45(11)12)69(94)76(20)51(37-42(5)6)61(86)72-48(16)60(85)73-49(17)64(89)77(21)52(38-43(7)8)66(91)78(22)53(39-44(9)10)67(92)81(25)57(46(13)14)70(95)82(58)26/h28,32,42-59,84H,29-31,33-41H2,1-27H3,(H,72,86)(H,73,85)(H,74,88)(H,75,87)/t47-,48+,49-,50+,51+,52+,53+,54+,55-,56+,57+,58+,59-/m1/s1. The Hall–Kier alpha value is -6.25. The van der Waals surface area contributed by atoms with Gasteiger partial charge in [-0.15, -0.1) is 0 Å². The minimum Gasteiger partial charge on any atom is -0.390 e. The van der Waals surface area contributed by atoms with Gasteiger partial charge in [0, 0.05) is 76.0 Å². The monoisotopic (exact) mass is 1370 g/mol. The maximum atomic E-state index is 15.5. The molecule has 1 aliphatic heterocycles. The van der Waals surface area contributed by atoms with E-state index in [0.29, 0.717) is 13.0 Å². The van der Waals surface area contributed by atoms with Crippen molar-refractivity contribution in [2.45, 2.75) is 255 Å². The molecule has 13 atom stereocenters. The van der Waals surface area contributed by atoms with Crippen molar-refractivity contribution < 1.29 is 67.3 Å². The van der Waals surface area contributed by atoms with Crippen LogP contribution in [0.4, 0.5) is 0 Å². The highest BCUT2D eigenvalue weighted by Crippen LogP contribution is 2.27. The lowest BCUT2D eigenvalue weighted by atomic mass is 9.91. The molecule has 0 spiro atoms. The van der Waals surface area contributed by atoms with Crippen LogP contribution in [0.15, 0.2) is 12.2 Å². The van der Waals surface area contributed by atoms with Crippen molar-refractivity contribution in [3.05, 3.63) is 12.2 Å². The van der Waals surface area contributed by atoms with E-state index in [0.717, 1.165) is 22.9 Å². The van der Waals surface area contributed by atoms with Crippen LogP contribution in [0, 0.1) is 35.5 Å². The molecule has 0 aromatic heterocycles. The highest BCUT2D eigenvalue weighted by molar-refractivity contribution is 6.00. The van der Waals surface area contributed by atoms with Crippen LogP contribution in [-0.2, 0) is 62.2 Å². The van der Waals surface area contributed by atoms with Crippen molar-refractivity contribution in [1.29, 1.82) is 0 Å². The predicted octanol–water partition coefficient (Wildman–Crippen LogP) is 4.16. The highest BCUT2D eigenvalue weighted by atomic mass is 16.5. The molecule has 0 aliphatic carbocycles. The number of likely N-dealkylation sites (N-methyl/N-ethyl adjacent to an activating group) is 7. The molecule has 26 heteroatoms. The summed E-state index contributed by atoms with van der Waals surface area (Å²) in [4.78, 5) is 176. The van der Waals surface area contributed by atoms with Crippen LogP contribution < -0.4 is 21.3 Å². The van der Waals surface area contributed by atoms with Crippen molar-refractivity contribution in [3.8, 4) is 0 Å². The number of allylic oxidation sites excluding steroid dienone is 2. The number of hydrogen-bond acceptors (Lipinski definition) is 15. The normalized spacial score (nSPS) is 26.0. The zero-order valence-corrected chi connectivity index (χ0v) is 64.4. The van der Waals surface area contributed by atoms with Gasteiger partial charge in [0.15, 0.2) is 0 Å². The minimum absolute atomic E-state index is 0.0405. The van der Waals surface area contributed by atoms with Gasteiger partial charge in [-0.05, 0) is 122 Å². The molecule has 1 rings (SSSR count). The van der Waals surface area contributed by atoms with E-state index in [2.05, 4.69) is 26.2 Å². The van der Waals surface area contributed by atoms with Gasteiger partial charge in [0.05, 0.1) is 18.3 Å². The van der Waals surface area contributed by atoms with E-state index in [-0.39, 0.29) is 69.5 Å². The molecule has 1 fully saturated rings. The van der Waals surface area contributed by atoms with Crippen LogP contribution in [0.1, 0.15) is 176 Å². The second-order valence-electron chi connectivity index (χ2n) is 29.3. The minimum atomic E-state index is -1.67. The number of aliphatic hydroxyl groups is 1. The first-order valence-corrected chi connectivity index (χ1v) is 35.2. The summed E-state index contributed by atoms with van der Waals surface area (Å²) in [6.07, 6.45) is 3.14. The number of amides is 11. The average molecular weight is 1380 g/mol. The van der Waals surface area contributed by atoms with Crippen molar-refractivity contribution in [2.24, 2.45) is 35.5 Å². The number of hydrogen-bond donors (Lipinski definition) is 5. The molecule has 1 heterocycles. The first-order chi connectivity index (χ1) is 45.0. The second kappa shape index (κ2) is 41.4. The number of methoxy groups -OCH3 is 1. The second-order valence-corrected chi connectivity index (χ2v) is 29.3. The van der Waals surface area contributed by atoms with E-state index in [1.807, 2.05) is 61.5 Å². The number of aliphatic hydroxyl groups excluding tert-OH is 1. The molecule has 558 valence electrons. The molecule has 1 aliphatic rings. The van der Waals surface area contributed by atoms with Gasteiger partial charge in [0.25, 0.3) is 0 Å². The molecule has 0 bridgehead atoms. The lowest BCUT2D eigenvalue weighted by Gasteiger charge is -2.41. The van der Waals surface area contributed by atoms with E-state index in [1.165, 1.54) is 94.8 Å². The van der Waals surface area contributed by atoms with Gasteiger partial charge in [-0.1, -0.05) is 109 Å². The summed E-state index contributed by atoms with van der Waals surface area (Å²) in [7, 11) is 11.4. The Labute approximate surface area is 582 Å². The SMILES string of the molecule is CC=CC[C@@H](C)[C@@H](O)[C@H]1C(=O)N[C@@H](CC)C(=O)N(C)[C@H](COCCCN(CC)CC)C(=O)N(C)[C@@H](CC(C)(C)OC)C(=O)N[C@@H](C(C)C)C(=O)N(C)[C@@H](CC(C)C)C(=O)N[C@@H](C)C(=O)N[C@H](C)C(=O)N(C)[C@@H](CC(C)C)C(=O)N(C)[C@@H](CC(C)C)C(=O)N(C)[C@@H](C(C)C)C(=O)N1C. The summed E-state index contributed by atoms with van der Waals surface area (Å²) in [5.74, 6) is -10.2. The van der Waals surface area contributed by atoms with E-state index in [1.54, 1.807) is 68.4 Å². The van der Waals surface area contributed by atoms with Crippen molar-refractivity contribution >= 4 is 65.0 Å². The third-order valence-corrected chi connectivity index (χ3v) is 18.9. The van der Waals surface area contributed by atoms with Gasteiger partial charge in [-0.3, -0.25) is 52.7 Å². The summed E-state index contributed by atoms with van der Waals surface area (Å²) < 4.78 is 12.1. The molecule has 5 N–H and O–H groups in total. The number of nitrogens with zero attached hydrogens (tertiary/aromatic N) is 8. The lowest BCUT2D eigenvalue weighted by Crippen LogP contribution is -2.64. The number of rotatable bonds is 24. The first kappa shape index (κ1) is 88.8. The third kappa shape index (κ3) is 25.8. The van der Waals surface area contributed by atoms with Gasteiger partial charge in [0.2, 0.25) is 65.0 Å². The molecule has 97 heavy (non-hydrogen) atoms. The van der Waals surface area contributed by atoms with Gasteiger partial charge in [0.1, 0.15) is 66.5 Å². The largest absolute Gasteiger partial charge is 0.390 e. The van der Waals surface area contributed by atoms with Gasteiger partial charge >= 0.3 is 0 Å². The number of carbonyl (C=O) groups is 11. The van der Waals surface area contributed by atoms with Gasteiger partial charge in [-0.25, -0.2) is 0 Å². The van der Waals surface area contributed by atoms with Crippen LogP contribution in [0.5, 0.6) is 0 Å². The van der Waals surface area contributed by atoms with E-state index in [4.69, 9.17) is 9.47 Å². The van der Waals surface area contributed by atoms with Crippen LogP contribution in [0.3, 0.4) is 0 Å². The van der Waals surface area contributed by atoms with E-state index >= 15 is 33.6 Å². The van der Waals surface area contributed by atoms with Gasteiger partial charge < -0.3 is 75.0 Å². The molecule has 0 aromatic rings. The average Bonchev–Trinajstić information content (AvgIpc) is 0.815. The van der Waals surface area contributed by atoms with Crippen molar-refractivity contribution in [2.75, 3.05) is 89.3 Å². The Morgan fingerprint density at radius 1 is 0.515 bits per heavy atom. The smallest absolute Gasteiger partial charge is 0.248 e. The first-order valence-electron chi connectivity index (χ1n) is 35.2. The lowest BCUT2D eigenvalue weighted by molar-refractivity contribution is -0.157. The Morgan fingerprint density at radius 3 is 1.43 bits per heavy atom. The summed E-state index contributed by atoms with van der Waals surface area (Å²) in [6, 6.07) is -14.4. The molecule has 0 aromatic carbocycles. The Balaban J connectivity index is 4.61. The summed E-state index contributed by atoms with van der Waals surface area (Å²) in [6.45, 7) is 35.8. The zero-order chi connectivity index (χ0) is 75.0. The number of nitrogens with one attached hydrogen (secondary N) is 4. The summed E-state index contributed by atoms with van der Waals surface area (Å²) >= 11 is 0. The molecule has 26 nitrogen and oxygen atoms in total. The summed E-state index contributed by atoms with van der Waals surface area (Å²) in [5.41, 5.74) is -1.07. The van der Waals surface area contributed by atoms with Crippen LogP contribution >= 0.6 is 0 Å². The summed E-state index contributed by atoms with van der Waals surface area (Å²) in [5, 5.41) is 23.5. The van der Waals surface area contributed by atoms with E-state index in [9.17, 15) is 24.3 Å². The highest BCUT2D eigenvalue weighted by Gasteiger charge is 2.47. The number of carbonyl (C=O) groups excluding carboxylic acids is 11. The molecule has 0 saturated carbocycles. The van der Waals surface area contributed by atoms with E-state index < -0.39 is 161 Å².